The molecule has 50 valence electrons. The van der Waals surface area contributed by atoms with Crippen molar-refractivity contribution >= 4 is 12.6 Å². The Morgan fingerprint density at radius 1 is 1.44 bits per heavy atom. The van der Waals surface area contributed by atoms with Gasteiger partial charge in [0, 0.05) is 0 Å². The molecule has 0 aliphatic heterocycles. The van der Waals surface area contributed by atoms with E-state index < -0.39 is 0 Å². The van der Waals surface area contributed by atoms with E-state index in [9.17, 15) is 0 Å². The van der Waals surface area contributed by atoms with E-state index in [1.807, 2.05) is 0 Å². The van der Waals surface area contributed by atoms with Crippen molar-refractivity contribution < 1.29 is 0 Å². The van der Waals surface area contributed by atoms with Gasteiger partial charge in [0.25, 0.3) is 0 Å². The van der Waals surface area contributed by atoms with Crippen LogP contribution in [-0.2, 0) is 0 Å². The molecule has 1 aliphatic carbocycles. The van der Waals surface area contributed by atoms with Crippen LogP contribution >= 0.6 is 12.6 Å². The molecule has 0 saturated heterocycles. The third-order valence-electron chi connectivity index (χ3n) is 1.57. The van der Waals surface area contributed by atoms with E-state index in [0.29, 0.717) is 0 Å². The second-order valence-electron chi connectivity index (χ2n) is 2.32. The first-order valence-electron chi connectivity index (χ1n) is 3.37. The van der Waals surface area contributed by atoms with E-state index in [2.05, 4.69) is 36.9 Å². The third kappa shape index (κ3) is 2.27. The average Bonchev–Trinajstić information content (AvgIpc) is 1.91. The lowest BCUT2D eigenvalue weighted by atomic mass is 9.98. The molecule has 0 aromatic rings. The largest absolute Gasteiger partial charge is 0.179 e. The molecule has 1 heteroatoms. The summed E-state index contributed by atoms with van der Waals surface area (Å²) in [4.78, 5) is 0. The smallest absolute Gasteiger partial charge is 0.00922 e. The number of hydrogen-bond donors (Lipinski definition) is 1. The summed E-state index contributed by atoms with van der Waals surface area (Å²) in [7, 11) is 0. The minimum atomic E-state index is 0.757. The van der Waals surface area contributed by atoms with Gasteiger partial charge in [0.2, 0.25) is 0 Å². The minimum absolute atomic E-state index is 0.757. The summed E-state index contributed by atoms with van der Waals surface area (Å²) in [5, 5.41) is 0. The van der Waals surface area contributed by atoms with E-state index >= 15 is 0 Å². The van der Waals surface area contributed by atoms with Crippen LogP contribution in [0.1, 0.15) is 12.8 Å². The van der Waals surface area contributed by atoms with Crippen LogP contribution in [0.4, 0.5) is 0 Å². The van der Waals surface area contributed by atoms with Crippen LogP contribution in [0.15, 0.2) is 24.3 Å². The van der Waals surface area contributed by atoms with Crippen molar-refractivity contribution in [2.45, 2.75) is 12.8 Å². The lowest BCUT2D eigenvalue weighted by Crippen LogP contribution is -1.97. The van der Waals surface area contributed by atoms with Crippen molar-refractivity contribution in [3.8, 4) is 0 Å². The Morgan fingerprint density at radius 2 is 2.33 bits per heavy atom. The highest BCUT2D eigenvalue weighted by molar-refractivity contribution is 7.80. The highest BCUT2D eigenvalue weighted by Gasteiger charge is 2.01. The average molecular weight is 140 g/mol. The summed E-state index contributed by atoms with van der Waals surface area (Å²) in [6, 6.07) is 0. The lowest BCUT2D eigenvalue weighted by Gasteiger charge is -2.09. The monoisotopic (exact) mass is 140 g/mol. The molecule has 0 amide bonds. The molecule has 0 N–H and O–H groups in total. The molecule has 9 heavy (non-hydrogen) atoms. The maximum atomic E-state index is 4.17. The highest BCUT2D eigenvalue weighted by Crippen LogP contribution is 2.15. The van der Waals surface area contributed by atoms with E-state index in [-0.39, 0.29) is 0 Å². The molecule has 1 atom stereocenters. The van der Waals surface area contributed by atoms with Crippen LogP contribution < -0.4 is 0 Å². The molecule has 0 spiro atoms. The van der Waals surface area contributed by atoms with E-state index in [1.165, 1.54) is 12.8 Å². The number of rotatable bonds is 2. The quantitative estimate of drug-likeness (QED) is 0.560. The number of hydrogen-bond acceptors (Lipinski definition) is 1. The molecule has 0 aromatic carbocycles. The summed E-state index contributed by atoms with van der Waals surface area (Å²) < 4.78 is 0. The Labute approximate surface area is 62.1 Å². The third-order valence-corrected chi connectivity index (χ3v) is 1.83. The number of thiol groups is 1. The molecule has 0 radical (unpaired) electrons. The molecule has 0 nitrogen and oxygen atoms in total. The van der Waals surface area contributed by atoms with Gasteiger partial charge in [0.1, 0.15) is 0 Å². The van der Waals surface area contributed by atoms with Crippen LogP contribution in [0.2, 0.25) is 0 Å². The zero-order chi connectivity index (χ0) is 6.53. The zero-order valence-corrected chi connectivity index (χ0v) is 6.35. The van der Waals surface area contributed by atoms with Gasteiger partial charge in [-0.3, -0.25) is 0 Å². The van der Waals surface area contributed by atoms with Gasteiger partial charge in [-0.1, -0.05) is 24.3 Å². The van der Waals surface area contributed by atoms with Crippen molar-refractivity contribution in [3.63, 3.8) is 0 Å². The van der Waals surface area contributed by atoms with Gasteiger partial charge in [-0.05, 0) is 24.5 Å². The topological polar surface area (TPSA) is 0 Å². The van der Waals surface area contributed by atoms with Crippen molar-refractivity contribution in [2.24, 2.45) is 5.92 Å². The SMILES string of the molecule is SCCC1C=CC=CC1. The summed E-state index contributed by atoms with van der Waals surface area (Å²) in [6.45, 7) is 0. The molecule has 0 aromatic heterocycles. The summed E-state index contributed by atoms with van der Waals surface area (Å²) in [6.07, 6.45) is 11.1. The highest BCUT2D eigenvalue weighted by atomic mass is 32.1. The maximum absolute atomic E-state index is 4.17. The normalized spacial score (nSPS) is 24.8. The number of allylic oxidation sites excluding steroid dienone is 4. The first-order chi connectivity index (χ1) is 4.43. The first-order valence-corrected chi connectivity index (χ1v) is 4.01. The van der Waals surface area contributed by atoms with Crippen LogP contribution in [0.5, 0.6) is 0 Å². The first kappa shape index (κ1) is 6.94. The standard InChI is InChI=1S/C8H12S/c9-7-6-8-4-2-1-3-5-8/h1-4,8-9H,5-7H2. The summed E-state index contributed by atoms with van der Waals surface area (Å²) >= 11 is 4.17. The Morgan fingerprint density at radius 3 is 2.89 bits per heavy atom. The molecular formula is C8H12S. The predicted molar refractivity (Wildman–Crippen MR) is 44.9 cm³/mol. The van der Waals surface area contributed by atoms with E-state index in [4.69, 9.17) is 0 Å². The second kappa shape index (κ2) is 3.78. The van der Waals surface area contributed by atoms with Gasteiger partial charge in [-0.2, -0.15) is 12.6 Å². The molecule has 0 bridgehead atoms. The van der Waals surface area contributed by atoms with Gasteiger partial charge in [0.15, 0.2) is 0 Å². The fourth-order valence-corrected chi connectivity index (χ4v) is 1.34. The second-order valence-corrected chi connectivity index (χ2v) is 2.77. The Hall–Kier alpha value is -0.170. The molecule has 1 unspecified atom stereocenters. The van der Waals surface area contributed by atoms with Crippen molar-refractivity contribution in [1.29, 1.82) is 0 Å². The van der Waals surface area contributed by atoms with Gasteiger partial charge < -0.3 is 0 Å². The summed E-state index contributed by atoms with van der Waals surface area (Å²) in [5.74, 6) is 1.76. The molecule has 0 saturated carbocycles. The van der Waals surface area contributed by atoms with Crippen molar-refractivity contribution in [3.05, 3.63) is 24.3 Å². The van der Waals surface area contributed by atoms with Crippen LogP contribution in [0, 0.1) is 5.92 Å². The molecule has 0 heterocycles. The molecule has 0 fully saturated rings. The Bertz CT molecular complexity index is 125. The molecule has 1 aliphatic rings. The van der Waals surface area contributed by atoms with Gasteiger partial charge in [-0.15, -0.1) is 0 Å². The Balaban J connectivity index is 2.28. The Kier molecular flexibility index (Phi) is 2.92. The van der Waals surface area contributed by atoms with Gasteiger partial charge >= 0.3 is 0 Å². The molecule has 1 rings (SSSR count). The van der Waals surface area contributed by atoms with Gasteiger partial charge in [-0.25, -0.2) is 0 Å². The predicted octanol–water partition coefficient (Wildman–Crippen LogP) is 2.44. The fourth-order valence-electron chi connectivity index (χ4n) is 1.01. The summed E-state index contributed by atoms with van der Waals surface area (Å²) in [5.41, 5.74) is 0. The van der Waals surface area contributed by atoms with E-state index in [1.54, 1.807) is 0 Å². The molecular weight excluding hydrogens is 128 g/mol. The fraction of sp³-hybridized carbons (Fsp3) is 0.500. The lowest BCUT2D eigenvalue weighted by molar-refractivity contribution is 0.639. The minimum Gasteiger partial charge on any atom is -0.179 e. The zero-order valence-electron chi connectivity index (χ0n) is 5.46. The van der Waals surface area contributed by atoms with Crippen LogP contribution in [0.25, 0.3) is 0 Å². The van der Waals surface area contributed by atoms with Crippen molar-refractivity contribution in [2.75, 3.05) is 5.75 Å². The van der Waals surface area contributed by atoms with Gasteiger partial charge in [0.05, 0.1) is 0 Å². The van der Waals surface area contributed by atoms with E-state index in [0.717, 1.165) is 11.7 Å². The maximum Gasteiger partial charge on any atom is -0.00922 e. The van der Waals surface area contributed by atoms with Crippen molar-refractivity contribution in [1.82, 2.24) is 0 Å². The van der Waals surface area contributed by atoms with Crippen LogP contribution in [-0.4, -0.2) is 5.75 Å². The van der Waals surface area contributed by atoms with Crippen LogP contribution in [0.3, 0.4) is 0 Å².